The summed E-state index contributed by atoms with van der Waals surface area (Å²) in [5.74, 6) is -2.30. The second-order valence-electron chi connectivity index (χ2n) is 9.52. The highest BCUT2D eigenvalue weighted by atomic mass is 19.3. The van der Waals surface area contributed by atoms with Crippen molar-refractivity contribution in [1.29, 1.82) is 0 Å². The number of aryl methyl sites for hydroxylation is 4. The molecule has 0 saturated heterocycles. The minimum absolute atomic E-state index is 0.218. The van der Waals surface area contributed by atoms with Gasteiger partial charge in [-0.05, 0) is 50.9 Å². The molecule has 172 valence electrons. The van der Waals surface area contributed by atoms with Gasteiger partial charge in [0.05, 0.1) is 38.1 Å². The third-order valence-electron chi connectivity index (χ3n) is 7.05. The van der Waals surface area contributed by atoms with Gasteiger partial charge in [-0.15, -0.1) is 0 Å². The molecule has 4 heterocycles. The normalized spacial score (nSPS) is 17.0. The van der Waals surface area contributed by atoms with Crippen molar-refractivity contribution in [1.82, 2.24) is 24.5 Å². The summed E-state index contributed by atoms with van der Waals surface area (Å²) >= 11 is 0. The van der Waals surface area contributed by atoms with E-state index in [2.05, 4.69) is 10.3 Å². The molecule has 0 aromatic carbocycles. The van der Waals surface area contributed by atoms with Crippen LogP contribution in [0.1, 0.15) is 42.8 Å². The Labute approximate surface area is 199 Å². The maximum Gasteiger partial charge on any atom is 0.248 e. The van der Waals surface area contributed by atoms with Gasteiger partial charge in [-0.1, -0.05) is 5.16 Å². The molecule has 0 amide bonds. The number of hydrogen-bond donors (Lipinski definition) is 0. The summed E-state index contributed by atoms with van der Waals surface area (Å²) in [7, 11) is 15.4. The molecule has 0 spiro atoms. The van der Waals surface area contributed by atoms with Crippen LogP contribution < -0.4 is 0 Å². The molecule has 0 aliphatic heterocycles. The van der Waals surface area contributed by atoms with E-state index in [0.717, 1.165) is 39.2 Å². The van der Waals surface area contributed by atoms with Gasteiger partial charge in [-0.25, -0.2) is 8.78 Å². The van der Waals surface area contributed by atoms with E-state index in [1.807, 2.05) is 46.3 Å². The second-order valence-corrected chi connectivity index (χ2v) is 9.52. The van der Waals surface area contributed by atoms with Crippen LogP contribution in [-0.2, 0) is 12.4 Å². The van der Waals surface area contributed by atoms with Crippen LogP contribution in [-0.4, -0.2) is 46.1 Å². The van der Waals surface area contributed by atoms with E-state index in [0.29, 0.717) is 11.3 Å². The number of alkyl halides is 2. The van der Waals surface area contributed by atoms with Crippen LogP contribution in [0, 0.1) is 26.7 Å². The molecule has 0 unspecified atom stereocenters. The van der Waals surface area contributed by atoms with E-state index < -0.39 is 11.3 Å². The fraction of sp³-hybridized carbons (Fsp3) is 0.458. The number of nitrogens with zero attached hydrogens (tertiary/aromatic N) is 5. The van der Waals surface area contributed by atoms with Crippen molar-refractivity contribution in [2.75, 3.05) is 0 Å². The summed E-state index contributed by atoms with van der Waals surface area (Å²) in [6.07, 6.45) is 5.65. The Morgan fingerprint density at radius 1 is 1.09 bits per heavy atom. The summed E-state index contributed by atoms with van der Waals surface area (Å²) in [6.45, 7) is 5.65. The van der Waals surface area contributed by atoms with E-state index in [1.54, 1.807) is 15.4 Å². The molecule has 10 heteroatoms. The van der Waals surface area contributed by atoms with Gasteiger partial charge in [0.25, 0.3) is 0 Å². The van der Waals surface area contributed by atoms with Gasteiger partial charge < -0.3 is 9.09 Å². The van der Waals surface area contributed by atoms with Crippen LogP contribution in [0.5, 0.6) is 0 Å². The number of fused-ring (bicyclic) bond motifs is 1. The molecular formula is C24H25B2F2N5O. The lowest BCUT2D eigenvalue weighted by Gasteiger charge is -2.42. The lowest BCUT2D eigenvalue weighted by molar-refractivity contribution is -0.0498. The highest BCUT2D eigenvalue weighted by Gasteiger charge is 2.41. The predicted molar refractivity (Wildman–Crippen MR) is 128 cm³/mol. The zero-order chi connectivity index (χ0) is 24.4. The molecule has 4 aromatic rings. The van der Waals surface area contributed by atoms with Crippen molar-refractivity contribution in [3.05, 3.63) is 41.8 Å². The summed E-state index contributed by atoms with van der Waals surface area (Å²) in [5, 5.41) is 7.15. The minimum Gasteiger partial charge on any atom is -0.361 e. The largest absolute Gasteiger partial charge is 0.361 e. The van der Waals surface area contributed by atoms with E-state index in [1.165, 1.54) is 0 Å². The van der Waals surface area contributed by atoms with Crippen LogP contribution in [0.3, 0.4) is 0 Å². The molecule has 1 aliphatic rings. The van der Waals surface area contributed by atoms with Gasteiger partial charge in [-0.2, -0.15) is 5.10 Å². The van der Waals surface area contributed by atoms with E-state index in [-0.39, 0.29) is 31.6 Å². The predicted octanol–water partition coefficient (Wildman–Crippen LogP) is 4.79. The van der Waals surface area contributed by atoms with Gasteiger partial charge in [0, 0.05) is 60.7 Å². The molecule has 0 bridgehead atoms. The smallest absolute Gasteiger partial charge is 0.248 e. The third kappa shape index (κ3) is 3.67. The Kier molecular flexibility index (Phi) is 5.26. The number of aromatic nitrogens is 5. The fourth-order valence-electron chi connectivity index (χ4n) is 5.22. The molecule has 6 nitrogen and oxygen atoms in total. The molecule has 1 aliphatic carbocycles. The first kappa shape index (κ1) is 22.9. The number of hydrogen-bond acceptors (Lipinski definition) is 4. The Morgan fingerprint density at radius 3 is 2.38 bits per heavy atom. The van der Waals surface area contributed by atoms with E-state index >= 15 is 0 Å². The standard InChI is InChI=1S/C24H25B2F2N5O/c1-13-18(11-32(4)30-13)19-12-33(24(25,26)17-5-7-23(27,28)8-6-17)20-9-16(10-29-22(19)20)21-14(2)31-34-15(21)3/h9-12,17H,5-8H2,1-4H3. The van der Waals surface area contributed by atoms with Crippen LogP contribution in [0.25, 0.3) is 33.3 Å². The molecular weight excluding hydrogens is 434 g/mol. The molecule has 0 atom stereocenters. The minimum atomic E-state index is -2.67. The summed E-state index contributed by atoms with van der Waals surface area (Å²) in [5.41, 5.74) is 6.46. The van der Waals surface area contributed by atoms with Crippen molar-refractivity contribution < 1.29 is 13.3 Å². The lowest BCUT2D eigenvalue weighted by Crippen LogP contribution is -2.45. The average Bonchev–Trinajstić information content (AvgIpc) is 3.41. The highest BCUT2D eigenvalue weighted by molar-refractivity contribution is 6.38. The molecule has 5 rings (SSSR count). The van der Waals surface area contributed by atoms with Crippen LogP contribution >= 0.6 is 0 Å². The molecule has 1 fully saturated rings. The molecule has 4 radical (unpaired) electrons. The quantitative estimate of drug-likeness (QED) is 0.412. The monoisotopic (exact) mass is 459 g/mol. The third-order valence-corrected chi connectivity index (χ3v) is 7.05. The van der Waals surface area contributed by atoms with Gasteiger partial charge >= 0.3 is 0 Å². The molecule has 4 aromatic heterocycles. The molecule has 1 saturated carbocycles. The van der Waals surface area contributed by atoms with Crippen LogP contribution in [0.15, 0.2) is 29.2 Å². The molecule has 0 N–H and O–H groups in total. The van der Waals surface area contributed by atoms with Crippen LogP contribution in [0.2, 0.25) is 0 Å². The van der Waals surface area contributed by atoms with Crippen molar-refractivity contribution in [2.45, 2.75) is 57.7 Å². The van der Waals surface area contributed by atoms with Crippen molar-refractivity contribution >= 4 is 26.7 Å². The average molecular weight is 459 g/mol. The van der Waals surface area contributed by atoms with Gasteiger partial charge in [0.15, 0.2) is 0 Å². The number of halogens is 2. The summed E-state index contributed by atoms with van der Waals surface area (Å²) in [4.78, 5) is 4.79. The fourth-order valence-corrected chi connectivity index (χ4v) is 5.22. The number of rotatable bonds is 4. The summed E-state index contributed by atoms with van der Waals surface area (Å²) < 4.78 is 36.6. The highest BCUT2D eigenvalue weighted by Crippen LogP contribution is 2.44. The Hall–Kier alpha value is -2.90. The topological polar surface area (TPSA) is 61.7 Å². The van der Waals surface area contributed by atoms with E-state index in [9.17, 15) is 8.78 Å². The molecule has 34 heavy (non-hydrogen) atoms. The maximum atomic E-state index is 13.9. The first-order valence-corrected chi connectivity index (χ1v) is 11.4. The van der Waals surface area contributed by atoms with Crippen molar-refractivity contribution in [3.63, 3.8) is 0 Å². The van der Waals surface area contributed by atoms with Gasteiger partial charge in [0.1, 0.15) is 5.76 Å². The Morgan fingerprint density at radius 2 is 1.79 bits per heavy atom. The van der Waals surface area contributed by atoms with Crippen molar-refractivity contribution in [3.8, 4) is 22.3 Å². The van der Waals surface area contributed by atoms with Gasteiger partial charge in [-0.3, -0.25) is 9.67 Å². The van der Waals surface area contributed by atoms with Crippen LogP contribution in [0.4, 0.5) is 8.78 Å². The lowest BCUT2D eigenvalue weighted by atomic mass is 9.52. The maximum absolute atomic E-state index is 13.9. The first-order chi connectivity index (χ1) is 16.0. The Bertz CT molecular complexity index is 1360. The number of pyridine rings is 1. The summed E-state index contributed by atoms with van der Waals surface area (Å²) in [6, 6.07) is 1.97. The SMILES string of the molecule is [B]C([B])(C1CCC(F)(F)CC1)n1cc(-c2cn(C)nc2C)c2ncc(-c3c(C)noc3C)cc21. The zero-order valence-electron chi connectivity index (χ0n) is 19.8. The Balaban J connectivity index is 1.71. The van der Waals surface area contributed by atoms with Crippen molar-refractivity contribution in [2.24, 2.45) is 13.0 Å². The first-order valence-electron chi connectivity index (χ1n) is 11.4. The van der Waals surface area contributed by atoms with E-state index in [4.69, 9.17) is 25.2 Å². The zero-order valence-corrected chi connectivity index (χ0v) is 19.8. The second kappa shape index (κ2) is 7.82. The van der Waals surface area contributed by atoms with Gasteiger partial charge in [0.2, 0.25) is 5.92 Å².